The van der Waals surface area contributed by atoms with E-state index in [2.05, 4.69) is 25.4 Å². The summed E-state index contributed by atoms with van der Waals surface area (Å²) in [7, 11) is 2.01. The highest BCUT2D eigenvalue weighted by atomic mass is 19.1. The van der Waals surface area contributed by atoms with Crippen LogP contribution in [0, 0.1) is 5.82 Å². The Morgan fingerprint density at radius 1 is 1.32 bits per heavy atom. The highest BCUT2D eigenvalue weighted by Gasteiger charge is 2.24. The molecule has 144 valence electrons. The molecule has 0 saturated carbocycles. The number of likely N-dealkylation sites (N-methyl/N-ethyl adjacent to an activating group) is 1. The number of halogens is 1. The number of ether oxygens (including phenoxy) is 1. The van der Waals surface area contributed by atoms with Gasteiger partial charge in [-0.05, 0) is 25.2 Å². The predicted molar refractivity (Wildman–Crippen MR) is 101 cm³/mol. The zero-order valence-electron chi connectivity index (χ0n) is 15.4. The van der Waals surface area contributed by atoms with E-state index >= 15 is 0 Å². The zero-order valence-corrected chi connectivity index (χ0v) is 15.4. The number of benzene rings is 1. The van der Waals surface area contributed by atoms with Crippen molar-refractivity contribution in [2.24, 2.45) is 0 Å². The standard InChI is InChI=1S/C20H20FN5O2/c1-26-10-8-16-14(12-26)18(25-24-16)19(27)23-11-13-5-4-9-22-20(13)28-17-7-3-2-6-15(17)21/h2-7,9H,8,10-12H2,1H3,(H,23,27)(H,24,25). The van der Waals surface area contributed by atoms with Crippen molar-refractivity contribution in [2.75, 3.05) is 13.6 Å². The van der Waals surface area contributed by atoms with Crippen LogP contribution in [0.2, 0.25) is 0 Å². The number of aromatic amines is 1. The van der Waals surface area contributed by atoms with Gasteiger partial charge in [-0.3, -0.25) is 9.89 Å². The molecule has 4 rings (SSSR count). The van der Waals surface area contributed by atoms with Crippen molar-refractivity contribution in [3.63, 3.8) is 0 Å². The van der Waals surface area contributed by atoms with E-state index in [-0.39, 0.29) is 24.1 Å². The highest BCUT2D eigenvalue weighted by molar-refractivity contribution is 5.94. The van der Waals surface area contributed by atoms with Gasteiger partial charge in [0, 0.05) is 49.1 Å². The highest BCUT2D eigenvalue weighted by Crippen LogP contribution is 2.25. The van der Waals surface area contributed by atoms with Crippen molar-refractivity contribution < 1.29 is 13.9 Å². The second kappa shape index (κ2) is 7.77. The molecule has 3 heterocycles. The van der Waals surface area contributed by atoms with Crippen LogP contribution >= 0.6 is 0 Å². The lowest BCUT2D eigenvalue weighted by Gasteiger charge is -2.22. The number of carbonyl (C=O) groups excluding carboxylic acids is 1. The van der Waals surface area contributed by atoms with Gasteiger partial charge in [0.15, 0.2) is 17.3 Å². The molecule has 0 bridgehead atoms. The van der Waals surface area contributed by atoms with Gasteiger partial charge in [-0.25, -0.2) is 9.37 Å². The molecular weight excluding hydrogens is 361 g/mol. The first kappa shape index (κ1) is 18.1. The van der Waals surface area contributed by atoms with E-state index in [0.29, 0.717) is 17.8 Å². The summed E-state index contributed by atoms with van der Waals surface area (Å²) in [5.41, 5.74) is 2.98. The number of H-pyrrole nitrogens is 1. The number of aromatic nitrogens is 3. The van der Waals surface area contributed by atoms with Crippen LogP contribution in [0.5, 0.6) is 11.6 Å². The summed E-state index contributed by atoms with van der Waals surface area (Å²) in [5.74, 6) is -0.418. The second-order valence-corrected chi connectivity index (χ2v) is 6.70. The Bertz CT molecular complexity index is 1000. The molecule has 2 aromatic heterocycles. The average molecular weight is 381 g/mol. The Hall–Kier alpha value is -3.26. The van der Waals surface area contributed by atoms with Crippen molar-refractivity contribution in [2.45, 2.75) is 19.5 Å². The number of amides is 1. The molecule has 1 amide bonds. The maximum atomic E-state index is 13.9. The molecule has 1 aliphatic rings. The van der Waals surface area contributed by atoms with E-state index in [1.54, 1.807) is 30.5 Å². The summed E-state index contributed by atoms with van der Waals surface area (Å²) < 4.78 is 19.5. The van der Waals surface area contributed by atoms with E-state index in [1.165, 1.54) is 12.1 Å². The quantitative estimate of drug-likeness (QED) is 0.710. The van der Waals surface area contributed by atoms with E-state index in [0.717, 1.165) is 24.2 Å². The lowest BCUT2D eigenvalue weighted by Crippen LogP contribution is -2.29. The minimum atomic E-state index is -0.476. The van der Waals surface area contributed by atoms with Crippen LogP contribution in [0.15, 0.2) is 42.6 Å². The third-order valence-corrected chi connectivity index (χ3v) is 4.67. The Morgan fingerprint density at radius 2 is 2.18 bits per heavy atom. The van der Waals surface area contributed by atoms with Crippen LogP contribution in [-0.2, 0) is 19.5 Å². The van der Waals surface area contributed by atoms with E-state index in [4.69, 9.17) is 4.74 Å². The smallest absolute Gasteiger partial charge is 0.272 e. The largest absolute Gasteiger partial charge is 0.436 e. The molecule has 7 nitrogen and oxygen atoms in total. The van der Waals surface area contributed by atoms with E-state index in [9.17, 15) is 9.18 Å². The Kier molecular flexibility index (Phi) is 5.03. The van der Waals surface area contributed by atoms with E-state index < -0.39 is 5.82 Å². The number of fused-ring (bicyclic) bond motifs is 1. The van der Waals surface area contributed by atoms with Gasteiger partial charge < -0.3 is 15.0 Å². The van der Waals surface area contributed by atoms with E-state index in [1.807, 2.05) is 7.05 Å². The molecule has 0 aliphatic carbocycles. The van der Waals surface area contributed by atoms with Gasteiger partial charge in [0.05, 0.1) is 0 Å². The SMILES string of the molecule is CN1CCc2[nH]nc(C(=O)NCc3cccnc3Oc3ccccc3F)c2C1. The van der Waals surface area contributed by atoms with Crippen molar-refractivity contribution >= 4 is 5.91 Å². The predicted octanol–water partition coefficient (Wildman–Crippen LogP) is 2.65. The summed E-state index contributed by atoms with van der Waals surface area (Å²) in [4.78, 5) is 19.0. The molecule has 0 saturated heterocycles. The van der Waals surface area contributed by atoms with Crippen molar-refractivity contribution in [3.05, 3.63) is 70.9 Å². The Balaban J connectivity index is 1.48. The number of rotatable bonds is 5. The van der Waals surface area contributed by atoms with Gasteiger partial charge in [0.1, 0.15) is 0 Å². The van der Waals surface area contributed by atoms with Gasteiger partial charge >= 0.3 is 0 Å². The van der Waals surface area contributed by atoms with Gasteiger partial charge in [0.2, 0.25) is 5.88 Å². The molecule has 28 heavy (non-hydrogen) atoms. The van der Waals surface area contributed by atoms with Crippen LogP contribution in [-0.4, -0.2) is 39.6 Å². The van der Waals surface area contributed by atoms with Gasteiger partial charge in [-0.15, -0.1) is 0 Å². The molecule has 0 atom stereocenters. The first-order valence-corrected chi connectivity index (χ1v) is 9.01. The number of pyridine rings is 1. The van der Waals surface area contributed by atoms with Crippen molar-refractivity contribution in [1.29, 1.82) is 0 Å². The normalized spacial score (nSPS) is 13.8. The molecule has 0 unspecified atom stereocenters. The third-order valence-electron chi connectivity index (χ3n) is 4.67. The molecule has 0 spiro atoms. The zero-order chi connectivity index (χ0) is 19.5. The van der Waals surface area contributed by atoms with Crippen molar-refractivity contribution in [3.8, 4) is 11.6 Å². The lowest BCUT2D eigenvalue weighted by molar-refractivity contribution is 0.0943. The number of hydrogen-bond acceptors (Lipinski definition) is 5. The van der Waals surface area contributed by atoms with Gasteiger partial charge in [0.25, 0.3) is 5.91 Å². The summed E-state index contributed by atoms with van der Waals surface area (Å²) in [5, 5.41) is 10.00. The van der Waals surface area contributed by atoms with Crippen LogP contribution in [0.4, 0.5) is 4.39 Å². The average Bonchev–Trinajstić information content (AvgIpc) is 3.12. The fourth-order valence-corrected chi connectivity index (χ4v) is 3.16. The third kappa shape index (κ3) is 3.72. The number of hydrogen-bond donors (Lipinski definition) is 2. The molecule has 1 aliphatic heterocycles. The minimum absolute atomic E-state index is 0.0817. The first-order valence-electron chi connectivity index (χ1n) is 9.01. The van der Waals surface area contributed by atoms with Gasteiger partial charge in [-0.1, -0.05) is 18.2 Å². The first-order chi connectivity index (χ1) is 13.6. The van der Waals surface area contributed by atoms with Crippen LogP contribution in [0.25, 0.3) is 0 Å². The number of nitrogens with zero attached hydrogens (tertiary/aromatic N) is 3. The molecule has 0 fully saturated rings. The van der Waals surface area contributed by atoms with Crippen LogP contribution in [0.3, 0.4) is 0 Å². The molecule has 3 aromatic rings. The summed E-state index contributed by atoms with van der Waals surface area (Å²) in [6.45, 7) is 1.81. The monoisotopic (exact) mass is 381 g/mol. The minimum Gasteiger partial charge on any atom is -0.436 e. The second-order valence-electron chi connectivity index (χ2n) is 6.70. The molecule has 1 aromatic carbocycles. The maximum Gasteiger partial charge on any atom is 0.272 e. The molecule has 0 radical (unpaired) electrons. The molecule has 8 heteroatoms. The van der Waals surface area contributed by atoms with Crippen molar-refractivity contribution in [1.82, 2.24) is 25.4 Å². The fraction of sp³-hybridized carbons (Fsp3) is 0.250. The molecular formula is C20H20FN5O2. The maximum absolute atomic E-state index is 13.9. The Morgan fingerprint density at radius 3 is 3.04 bits per heavy atom. The fourth-order valence-electron chi connectivity index (χ4n) is 3.16. The summed E-state index contributed by atoms with van der Waals surface area (Å²) in [6.07, 6.45) is 2.40. The number of carbonyl (C=O) groups is 1. The Labute approximate surface area is 161 Å². The summed E-state index contributed by atoms with van der Waals surface area (Å²) in [6, 6.07) is 9.62. The lowest BCUT2D eigenvalue weighted by atomic mass is 10.1. The topological polar surface area (TPSA) is 83.1 Å². The number of nitrogens with one attached hydrogen (secondary N) is 2. The summed E-state index contributed by atoms with van der Waals surface area (Å²) >= 11 is 0. The molecule has 2 N–H and O–H groups in total. The number of para-hydroxylation sites is 1. The van der Waals surface area contributed by atoms with Crippen LogP contribution in [0.1, 0.15) is 27.3 Å². The van der Waals surface area contributed by atoms with Crippen LogP contribution < -0.4 is 10.1 Å². The van der Waals surface area contributed by atoms with Gasteiger partial charge in [-0.2, -0.15) is 5.10 Å².